The summed E-state index contributed by atoms with van der Waals surface area (Å²) >= 11 is 0. The van der Waals surface area contributed by atoms with Gasteiger partial charge in [0.25, 0.3) is 0 Å². The maximum absolute atomic E-state index is 3.90. The predicted molar refractivity (Wildman–Crippen MR) is 88.4 cm³/mol. The van der Waals surface area contributed by atoms with Crippen LogP contribution in [0.3, 0.4) is 0 Å². The summed E-state index contributed by atoms with van der Waals surface area (Å²) in [5, 5.41) is 3.90. The molecule has 1 unspecified atom stereocenters. The molecule has 1 heterocycles. The standard InChI is InChI=1S/C19H34N2/c1-2-5-17(6-3-1)19-14-21(12-4-11-20-19)13-18(15-7-8-15)16-9-10-16/h15-20H,1-14H2. The number of hydrogen-bond acceptors (Lipinski definition) is 2. The largest absolute Gasteiger partial charge is 0.312 e. The van der Waals surface area contributed by atoms with Crippen molar-refractivity contribution >= 4 is 0 Å². The molecule has 0 aromatic carbocycles. The van der Waals surface area contributed by atoms with Crippen molar-refractivity contribution in [1.29, 1.82) is 0 Å². The van der Waals surface area contributed by atoms with Crippen LogP contribution in [0.2, 0.25) is 0 Å². The Labute approximate surface area is 131 Å². The quantitative estimate of drug-likeness (QED) is 0.831. The van der Waals surface area contributed by atoms with Gasteiger partial charge in [-0.25, -0.2) is 0 Å². The molecule has 3 aliphatic carbocycles. The zero-order chi connectivity index (χ0) is 14.1. The Morgan fingerprint density at radius 1 is 0.857 bits per heavy atom. The Kier molecular flexibility index (Phi) is 4.55. The van der Waals surface area contributed by atoms with Crippen molar-refractivity contribution in [2.75, 3.05) is 26.2 Å². The number of nitrogens with one attached hydrogen (secondary N) is 1. The molecule has 0 spiro atoms. The van der Waals surface area contributed by atoms with Crippen molar-refractivity contribution in [3.8, 4) is 0 Å². The highest BCUT2D eigenvalue weighted by molar-refractivity contribution is 4.94. The van der Waals surface area contributed by atoms with Crippen LogP contribution in [0.25, 0.3) is 0 Å². The van der Waals surface area contributed by atoms with Crippen LogP contribution in [0.15, 0.2) is 0 Å². The average molecular weight is 290 g/mol. The van der Waals surface area contributed by atoms with Gasteiger partial charge in [0, 0.05) is 19.1 Å². The monoisotopic (exact) mass is 290 g/mol. The maximum Gasteiger partial charge on any atom is 0.0223 e. The molecule has 0 amide bonds. The molecule has 3 saturated carbocycles. The molecule has 1 saturated heterocycles. The van der Waals surface area contributed by atoms with Gasteiger partial charge in [0.15, 0.2) is 0 Å². The topological polar surface area (TPSA) is 15.3 Å². The molecule has 1 aliphatic heterocycles. The minimum Gasteiger partial charge on any atom is -0.312 e. The Morgan fingerprint density at radius 3 is 2.24 bits per heavy atom. The van der Waals surface area contributed by atoms with E-state index in [9.17, 15) is 0 Å². The molecule has 4 rings (SSSR count). The van der Waals surface area contributed by atoms with E-state index < -0.39 is 0 Å². The molecule has 1 N–H and O–H groups in total. The van der Waals surface area contributed by atoms with Gasteiger partial charge in [-0.15, -0.1) is 0 Å². The SMILES string of the molecule is C1CCC(C2CN(CC(C3CC3)C3CC3)CCCN2)CC1. The van der Waals surface area contributed by atoms with Gasteiger partial charge in [-0.05, 0) is 81.7 Å². The lowest BCUT2D eigenvalue weighted by molar-refractivity contribution is 0.171. The van der Waals surface area contributed by atoms with Gasteiger partial charge in [0.05, 0.1) is 0 Å². The van der Waals surface area contributed by atoms with E-state index in [0.29, 0.717) is 0 Å². The van der Waals surface area contributed by atoms with E-state index in [0.717, 1.165) is 29.7 Å². The third-order valence-electron chi connectivity index (χ3n) is 6.66. The van der Waals surface area contributed by atoms with E-state index in [1.165, 1.54) is 64.7 Å². The van der Waals surface area contributed by atoms with E-state index in [2.05, 4.69) is 10.2 Å². The molecule has 2 nitrogen and oxygen atoms in total. The Hall–Kier alpha value is -0.0800. The smallest absolute Gasteiger partial charge is 0.0223 e. The van der Waals surface area contributed by atoms with Crippen molar-refractivity contribution in [2.24, 2.45) is 23.7 Å². The van der Waals surface area contributed by atoms with Gasteiger partial charge in [-0.2, -0.15) is 0 Å². The van der Waals surface area contributed by atoms with Gasteiger partial charge in [0.2, 0.25) is 0 Å². The lowest BCUT2D eigenvalue weighted by Gasteiger charge is -2.34. The van der Waals surface area contributed by atoms with Crippen molar-refractivity contribution in [3.05, 3.63) is 0 Å². The van der Waals surface area contributed by atoms with Gasteiger partial charge < -0.3 is 10.2 Å². The third-order valence-corrected chi connectivity index (χ3v) is 6.66. The molecule has 2 heteroatoms. The highest BCUT2D eigenvalue weighted by Gasteiger charge is 2.42. The summed E-state index contributed by atoms with van der Waals surface area (Å²) < 4.78 is 0. The van der Waals surface area contributed by atoms with E-state index in [1.54, 1.807) is 25.7 Å². The van der Waals surface area contributed by atoms with Crippen LogP contribution in [-0.4, -0.2) is 37.1 Å². The highest BCUT2D eigenvalue weighted by atomic mass is 15.2. The summed E-state index contributed by atoms with van der Waals surface area (Å²) in [6.45, 7) is 5.39. The Balaban J connectivity index is 1.34. The summed E-state index contributed by atoms with van der Waals surface area (Å²) in [7, 11) is 0. The van der Waals surface area contributed by atoms with Gasteiger partial charge in [-0.1, -0.05) is 19.3 Å². The molecular weight excluding hydrogens is 256 g/mol. The third kappa shape index (κ3) is 3.82. The van der Waals surface area contributed by atoms with E-state index in [4.69, 9.17) is 0 Å². The molecule has 120 valence electrons. The molecule has 0 aromatic heterocycles. The Bertz CT molecular complexity index is 316. The van der Waals surface area contributed by atoms with Crippen LogP contribution in [0.4, 0.5) is 0 Å². The zero-order valence-corrected chi connectivity index (χ0v) is 13.7. The number of rotatable bonds is 5. The fraction of sp³-hybridized carbons (Fsp3) is 1.00. The van der Waals surface area contributed by atoms with Gasteiger partial charge in [-0.3, -0.25) is 0 Å². The zero-order valence-electron chi connectivity index (χ0n) is 13.7. The second-order valence-electron chi connectivity index (χ2n) is 8.41. The molecule has 21 heavy (non-hydrogen) atoms. The lowest BCUT2D eigenvalue weighted by atomic mass is 9.83. The minimum atomic E-state index is 0.798. The van der Waals surface area contributed by atoms with E-state index in [-0.39, 0.29) is 0 Å². The first-order chi connectivity index (χ1) is 10.4. The highest BCUT2D eigenvalue weighted by Crippen LogP contribution is 2.49. The normalized spacial score (nSPS) is 33.3. The van der Waals surface area contributed by atoms with Crippen LogP contribution < -0.4 is 5.32 Å². The molecule has 4 aliphatic rings. The molecule has 0 bridgehead atoms. The number of nitrogens with zero attached hydrogens (tertiary/aromatic N) is 1. The number of hydrogen-bond donors (Lipinski definition) is 1. The van der Waals surface area contributed by atoms with Crippen molar-refractivity contribution in [2.45, 2.75) is 70.3 Å². The molecule has 1 atom stereocenters. The lowest BCUT2D eigenvalue weighted by Crippen LogP contribution is -2.45. The van der Waals surface area contributed by atoms with Crippen molar-refractivity contribution in [3.63, 3.8) is 0 Å². The summed E-state index contributed by atoms with van der Waals surface area (Å²) in [5.74, 6) is 4.26. The maximum atomic E-state index is 3.90. The van der Waals surface area contributed by atoms with Crippen LogP contribution in [0.1, 0.15) is 64.2 Å². The van der Waals surface area contributed by atoms with E-state index in [1.807, 2.05) is 0 Å². The fourth-order valence-corrected chi connectivity index (χ4v) is 5.07. The molecule has 4 fully saturated rings. The van der Waals surface area contributed by atoms with Crippen molar-refractivity contribution < 1.29 is 0 Å². The molecule has 0 aromatic rings. The fourth-order valence-electron chi connectivity index (χ4n) is 5.07. The summed E-state index contributed by atoms with van der Waals surface area (Å²) in [4.78, 5) is 2.86. The first-order valence-electron chi connectivity index (χ1n) is 9.86. The van der Waals surface area contributed by atoms with Crippen LogP contribution in [0.5, 0.6) is 0 Å². The average Bonchev–Trinajstić information content (AvgIpc) is 3.41. The van der Waals surface area contributed by atoms with Crippen LogP contribution >= 0.6 is 0 Å². The first kappa shape index (κ1) is 14.5. The van der Waals surface area contributed by atoms with Crippen molar-refractivity contribution in [1.82, 2.24) is 10.2 Å². The van der Waals surface area contributed by atoms with E-state index >= 15 is 0 Å². The first-order valence-corrected chi connectivity index (χ1v) is 9.86. The van der Waals surface area contributed by atoms with Gasteiger partial charge in [0.1, 0.15) is 0 Å². The minimum absolute atomic E-state index is 0.798. The van der Waals surface area contributed by atoms with Crippen LogP contribution in [0, 0.1) is 23.7 Å². The van der Waals surface area contributed by atoms with Crippen LogP contribution in [-0.2, 0) is 0 Å². The molecule has 0 radical (unpaired) electrons. The Morgan fingerprint density at radius 2 is 1.57 bits per heavy atom. The van der Waals surface area contributed by atoms with Gasteiger partial charge >= 0.3 is 0 Å². The molecular formula is C19H34N2. The second-order valence-corrected chi connectivity index (χ2v) is 8.41. The summed E-state index contributed by atoms with van der Waals surface area (Å²) in [6.07, 6.45) is 15.0. The predicted octanol–water partition coefficient (Wildman–Crippen LogP) is 3.67. The summed E-state index contributed by atoms with van der Waals surface area (Å²) in [6, 6.07) is 0.798. The second kappa shape index (κ2) is 6.58. The summed E-state index contributed by atoms with van der Waals surface area (Å²) in [5.41, 5.74) is 0.